The molecule has 164 valence electrons. The number of ether oxygens (including phenoxy) is 2. The van der Waals surface area contributed by atoms with Gasteiger partial charge in [-0.3, -0.25) is 4.90 Å². The molecule has 2 aromatic carbocycles. The summed E-state index contributed by atoms with van der Waals surface area (Å²) in [6.45, 7) is 7.28. The number of hydrogen-bond donors (Lipinski definition) is 0. The molecule has 0 unspecified atom stereocenters. The van der Waals surface area contributed by atoms with Gasteiger partial charge in [-0.1, -0.05) is 35.5 Å². The van der Waals surface area contributed by atoms with Gasteiger partial charge in [-0.2, -0.15) is 0 Å². The lowest BCUT2D eigenvalue weighted by Gasteiger charge is -2.32. The second kappa shape index (κ2) is 10.1. The van der Waals surface area contributed by atoms with Crippen LogP contribution in [-0.2, 0) is 24.2 Å². The van der Waals surface area contributed by atoms with Crippen molar-refractivity contribution < 1.29 is 18.4 Å². The van der Waals surface area contributed by atoms with Crippen LogP contribution in [0.4, 0.5) is 4.39 Å². The summed E-state index contributed by atoms with van der Waals surface area (Å²) in [5.41, 5.74) is 3.09. The summed E-state index contributed by atoms with van der Waals surface area (Å²) >= 11 is 0. The number of nitrogens with zero attached hydrogens (tertiary/aromatic N) is 2. The van der Waals surface area contributed by atoms with E-state index in [4.69, 9.17) is 14.0 Å². The highest BCUT2D eigenvalue weighted by Crippen LogP contribution is 2.29. The van der Waals surface area contributed by atoms with Crippen molar-refractivity contribution in [2.24, 2.45) is 5.92 Å². The Morgan fingerprint density at radius 2 is 1.90 bits per heavy atom. The molecule has 0 radical (unpaired) electrons. The van der Waals surface area contributed by atoms with Crippen molar-refractivity contribution in [2.45, 2.75) is 39.4 Å². The van der Waals surface area contributed by atoms with Gasteiger partial charge >= 0.3 is 0 Å². The summed E-state index contributed by atoms with van der Waals surface area (Å²) in [5, 5.41) is 4.02. The molecule has 2 atom stereocenters. The van der Waals surface area contributed by atoms with Crippen molar-refractivity contribution in [1.82, 2.24) is 10.1 Å². The van der Waals surface area contributed by atoms with Gasteiger partial charge in [0.25, 0.3) is 0 Å². The van der Waals surface area contributed by atoms with E-state index in [9.17, 15) is 4.39 Å². The van der Waals surface area contributed by atoms with E-state index in [1.165, 1.54) is 12.1 Å². The largest absolute Gasteiger partial charge is 0.494 e. The maximum atomic E-state index is 13.4. The maximum Gasteiger partial charge on any atom is 0.137 e. The first-order chi connectivity index (χ1) is 15.1. The quantitative estimate of drug-likeness (QED) is 0.495. The zero-order valence-corrected chi connectivity index (χ0v) is 18.1. The van der Waals surface area contributed by atoms with Crippen molar-refractivity contribution in [3.05, 3.63) is 83.0 Å². The predicted octanol–water partition coefficient (Wildman–Crippen LogP) is 4.78. The second-order valence-electron chi connectivity index (χ2n) is 8.08. The van der Waals surface area contributed by atoms with Crippen LogP contribution < -0.4 is 4.74 Å². The van der Waals surface area contributed by atoms with E-state index in [-0.39, 0.29) is 17.8 Å². The molecule has 1 aromatic heterocycles. The summed E-state index contributed by atoms with van der Waals surface area (Å²) in [6.07, 6.45) is 0.776. The molecule has 1 aliphatic heterocycles. The van der Waals surface area contributed by atoms with Gasteiger partial charge < -0.3 is 14.0 Å². The Morgan fingerprint density at radius 3 is 2.65 bits per heavy atom. The van der Waals surface area contributed by atoms with E-state index < -0.39 is 0 Å². The van der Waals surface area contributed by atoms with Crippen LogP contribution in [0.1, 0.15) is 29.5 Å². The van der Waals surface area contributed by atoms with Crippen LogP contribution in [0.15, 0.2) is 59.1 Å². The monoisotopic (exact) mass is 424 g/mol. The van der Waals surface area contributed by atoms with Crippen molar-refractivity contribution in [3.63, 3.8) is 0 Å². The molecule has 31 heavy (non-hydrogen) atoms. The lowest BCUT2D eigenvalue weighted by Crippen LogP contribution is -2.40. The van der Waals surface area contributed by atoms with E-state index in [0.29, 0.717) is 32.9 Å². The van der Waals surface area contributed by atoms with Crippen LogP contribution in [0, 0.1) is 18.7 Å². The highest BCUT2D eigenvalue weighted by atomic mass is 19.1. The third-order valence-electron chi connectivity index (χ3n) is 5.72. The number of benzene rings is 2. The Morgan fingerprint density at radius 1 is 1.10 bits per heavy atom. The Bertz CT molecular complexity index is 973. The standard InChI is InChI=1S/C25H29FN2O3/c1-3-30-25-7-5-4-6-20(25)15-28(14-19-8-10-22(26)11-9-19)24-17-29-16-21(24)13-23-12-18(2)27-31-23/h4-12,21,24H,3,13-17H2,1-2H3/t21-,24-/m1/s1. The Labute approximate surface area is 182 Å². The van der Waals surface area contributed by atoms with Crippen molar-refractivity contribution in [1.29, 1.82) is 0 Å². The minimum absolute atomic E-state index is 0.199. The average Bonchev–Trinajstić information content (AvgIpc) is 3.40. The molecule has 2 heterocycles. The van der Waals surface area contributed by atoms with Gasteiger partial charge in [-0.25, -0.2) is 4.39 Å². The SMILES string of the molecule is CCOc1ccccc1CN(Cc1ccc(F)cc1)[C@@H]1COC[C@H]1Cc1cc(C)no1. The molecule has 3 aromatic rings. The van der Waals surface area contributed by atoms with E-state index in [0.717, 1.165) is 34.8 Å². The minimum atomic E-state index is -0.222. The minimum Gasteiger partial charge on any atom is -0.494 e. The summed E-state index contributed by atoms with van der Waals surface area (Å²) in [5.74, 6) is 1.84. The fraction of sp³-hybridized carbons (Fsp3) is 0.400. The van der Waals surface area contributed by atoms with Crippen molar-refractivity contribution >= 4 is 0 Å². The number of rotatable bonds is 9. The lowest BCUT2D eigenvalue weighted by atomic mass is 9.95. The molecular formula is C25H29FN2O3. The van der Waals surface area contributed by atoms with E-state index in [1.54, 1.807) is 0 Å². The molecule has 4 rings (SSSR count). The van der Waals surface area contributed by atoms with Crippen LogP contribution in [0.3, 0.4) is 0 Å². The fourth-order valence-electron chi connectivity index (χ4n) is 4.22. The van der Waals surface area contributed by atoms with Crippen LogP contribution in [-0.4, -0.2) is 35.9 Å². The van der Waals surface area contributed by atoms with Crippen LogP contribution >= 0.6 is 0 Å². The smallest absolute Gasteiger partial charge is 0.137 e. The van der Waals surface area contributed by atoms with Crippen LogP contribution in [0.5, 0.6) is 5.75 Å². The average molecular weight is 425 g/mol. The van der Waals surface area contributed by atoms with Gasteiger partial charge in [0.05, 0.1) is 25.5 Å². The fourth-order valence-corrected chi connectivity index (χ4v) is 4.22. The summed E-state index contributed by atoms with van der Waals surface area (Å²) in [7, 11) is 0. The van der Waals surface area contributed by atoms with Gasteiger partial charge in [0, 0.05) is 43.1 Å². The Hall–Kier alpha value is -2.70. The third kappa shape index (κ3) is 5.51. The van der Waals surface area contributed by atoms with Crippen LogP contribution in [0.2, 0.25) is 0 Å². The van der Waals surface area contributed by atoms with Gasteiger partial charge in [-0.15, -0.1) is 0 Å². The molecule has 0 bridgehead atoms. The van der Waals surface area contributed by atoms with Crippen LogP contribution in [0.25, 0.3) is 0 Å². The first-order valence-corrected chi connectivity index (χ1v) is 10.8. The molecule has 0 N–H and O–H groups in total. The normalized spacial score (nSPS) is 18.6. The molecule has 1 fully saturated rings. The maximum absolute atomic E-state index is 13.4. The van der Waals surface area contributed by atoms with E-state index >= 15 is 0 Å². The van der Waals surface area contributed by atoms with Crippen molar-refractivity contribution in [3.8, 4) is 5.75 Å². The molecular weight excluding hydrogens is 395 g/mol. The summed E-state index contributed by atoms with van der Waals surface area (Å²) < 4.78 is 30.7. The highest BCUT2D eigenvalue weighted by molar-refractivity contribution is 5.33. The topological polar surface area (TPSA) is 47.7 Å². The van der Waals surface area contributed by atoms with Gasteiger partial charge in [-0.05, 0) is 37.6 Å². The van der Waals surface area contributed by atoms with E-state index in [2.05, 4.69) is 16.1 Å². The molecule has 0 aliphatic carbocycles. The molecule has 0 spiro atoms. The number of para-hydroxylation sites is 1. The molecule has 0 amide bonds. The van der Waals surface area contributed by atoms with Gasteiger partial charge in [0.15, 0.2) is 0 Å². The zero-order chi connectivity index (χ0) is 21.6. The molecule has 0 saturated carbocycles. The first-order valence-electron chi connectivity index (χ1n) is 10.8. The van der Waals surface area contributed by atoms with Gasteiger partial charge in [0.1, 0.15) is 17.3 Å². The molecule has 6 heteroatoms. The molecule has 1 saturated heterocycles. The van der Waals surface area contributed by atoms with E-state index in [1.807, 2.05) is 50.2 Å². The predicted molar refractivity (Wildman–Crippen MR) is 116 cm³/mol. The lowest BCUT2D eigenvalue weighted by molar-refractivity contribution is 0.126. The number of halogens is 1. The zero-order valence-electron chi connectivity index (χ0n) is 18.1. The number of aromatic nitrogens is 1. The highest BCUT2D eigenvalue weighted by Gasteiger charge is 2.34. The third-order valence-corrected chi connectivity index (χ3v) is 5.72. The second-order valence-corrected chi connectivity index (χ2v) is 8.08. The summed E-state index contributed by atoms with van der Waals surface area (Å²) in [6, 6.07) is 17.1. The molecule has 5 nitrogen and oxygen atoms in total. The number of aryl methyl sites for hydroxylation is 1. The Balaban J connectivity index is 1.58. The van der Waals surface area contributed by atoms with Gasteiger partial charge in [0.2, 0.25) is 0 Å². The first kappa shape index (κ1) is 21.5. The molecule has 1 aliphatic rings. The number of hydrogen-bond acceptors (Lipinski definition) is 5. The summed E-state index contributed by atoms with van der Waals surface area (Å²) in [4.78, 5) is 2.41. The van der Waals surface area contributed by atoms with Crippen molar-refractivity contribution in [2.75, 3.05) is 19.8 Å². The Kier molecular flexibility index (Phi) is 6.99.